The number of carbonyl (C=O) groups is 1. The molecule has 3 atom stereocenters. The average molecular weight is 468 g/mol. The molecule has 172 valence electrons. The van der Waals surface area contributed by atoms with Crippen molar-refractivity contribution >= 4 is 27.2 Å². The van der Waals surface area contributed by atoms with Crippen LogP contribution < -0.4 is 11.1 Å². The van der Waals surface area contributed by atoms with Gasteiger partial charge >= 0.3 is 0 Å². The number of carbonyl (C=O) groups excluding carboxylic acids is 1. The van der Waals surface area contributed by atoms with Gasteiger partial charge in [-0.1, -0.05) is 0 Å². The van der Waals surface area contributed by atoms with Crippen LogP contribution in [0.5, 0.6) is 0 Å². The predicted molar refractivity (Wildman–Crippen MR) is 127 cm³/mol. The summed E-state index contributed by atoms with van der Waals surface area (Å²) in [4.78, 5) is 17.5. The van der Waals surface area contributed by atoms with Gasteiger partial charge in [-0.05, 0) is 76.1 Å². The molecule has 2 aromatic carbocycles. The molecule has 0 radical (unpaired) electrons. The topological polar surface area (TPSA) is 121 Å². The molecule has 2 aromatic rings. The first kappa shape index (κ1) is 22.9. The third-order valence-corrected chi connectivity index (χ3v) is 10.5. The molecule has 2 aliphatic heterocycles. The second-order valence-corrected chi connectivity index (χ2v) is 12.1. The van der Waals surface area contributed by atoms with Gasteiger partial charge in [0.15, 0.2) is 0 Å². The highest BCUT2D eigenvalue weighted by atomic mass is 32.2. The molecule has 4 rings (SSSR count). The molecule has 2 heterocycles. The maximum atomic E-state index is 15.1. The number of hydrogen-bond donors (Lipinski definition) is 2. The molecular weight excluding hydrogens is 441 g/mol. The standard InChI is InChI=1S/C24H26FN5O2S/c1-14-11-15(13-26)5-7-17(14)21(31)29-16-6-8-19(25)18(12-16)24(4)20-9-10-28-33(20,32)23(2,3)22(27)30-24/h5-8,11-12,20H,9-10H2,1-4H3,(H2,27,30)(H,29,31)/t20-,24+,33?/m0/s1. The van der Waals surface area contributed by atoms with Crippen LogP contribution >= 0.6 is 0 Å². The van der Waals surface area contributed by atoms with Gasteiger partial charge < -0.3 is 11.1 Å². The second kappa shape index (κ2) is 7.66. The zero-order valence-corrected chi connectivity index (χ0v) is 19.8. The van der Waals surface area contributed by atoms with Gasteiger partial charge in [0.2, 0.25) is 0 Å². The lowest BCUT2D eigenvalue weighted by molar-refractivity contribution is 0.102. The molecule has 0 saturated carbocycles. The van der Waals surface area contributed by atoms with E-state index in [9.17, 15) is 9.00 Å². The number of nitriles is 1. The summed E-state index contributed by atoms with van der Waals surface area (Å²) < 4.78 is 32.6. The Labute approximate surface area is 193 Å². The number of nitrogens with zero attached hydrogens (tertiary/aromatic N) is 3. The number of amides is 1. The summed E-state index contributed by atoms with van der Waals surface area (Å²) in [7, 11) is -2.80. The Kier molecular flexibility index (Phi) is 5.32. The van der Waals surface area contributed by atoms with E-state index in [1.54, 1.807) is 45.9 Å². The van der Waals surface area contributed by atoms with Gasteiger partial charge in [0.05, 0.1) is 26.6 Å². The number of rotatable bonds is 3. The fourth-order valence-corrected chi connectivity index (χ4v) is 7.84. The lowest BCUT2D eigenvalue weighted by Gasteiger charge is -2.44. The molecule has 33 heavy (non-hydrogen) atoms. The molecular formula is C24H26FN5O2S. The number of anilines is 1. The molecule has 0 aromatic heterocycles. The zero-order valence-electron chi connectivity index (χ0n) is 19.0. The maximum absolute atomic E-state index is 15.1. The highest BCUT2D eigenvalue weighted by Crippen LogP contribution is 2.48. The summed E-state index contributed by atoms with van der Waals surface area (Å²) >= 11 is 0. The highest BCUT2D eigenvalue weighted by Gasteiger charge is 2.56. The van der Waals surface area contributed by atoms with E-state index < -0.39 is 31.1 Å². The maximum Gasteiger partial charge on any atom is 0.255 e. The Hall–Kier alpha value is -3.25. The normalized spacial score (nSPS) is 27.6. The lowest BCUT2D eigenvalue weighted by atomic mass is 9.85. The Bertz CT molecular complexity index is 1370. The van der Waals surface area contributed by atoms with Crippen LogP contribution in [0.2, 0.25) is 0 Å². The molecule has 3 N–H and O–H groups in total. The number of benzene rings is 2. The van der Waals surface area contributed by atoms with E-state index in [0.717, 1.165) is 0 Å². The molecule has 0 bridgehead atoms. The largest absolute Gasteiger partial charge is 0.386 e. The lowest BCUT2D eigenvalue weighted by Crippen LogP contribution is -2.58. The summed E-state index contributed by atoms with van der Waals surface area (Å²) in [6.45, 7) is 7.41. The van der Waals surface area contributed by atoms with E-state index >= 15 is 4.39 Å². The molecule has 1 amide bonds. The van der Waals surface area contributed by atoms with Gasteiger partial charge in [0.25, 0.3) is 5.91 Å². The summed E-state index contributed by atoms with van der Waals surface area (Å²) in [5.74, 6) is -0.721. The van der Waals surface area contributed by atoms with Gasteiger partial charge in [-0.15, -0.1) is 0 Å². The number of halogens is 1. The van der Waals surface area contributed by atoms with Crippen molar-refractivity contribution in [2.24, 2.45) is 15.1 Å². The molecule has 2 aliphatic rings. The second-order valence-electron chi connectivity index (χ2n) is 9.14. The third kappa shape index (κ3) is 3.40. The highest BCUT2D eigenvalue weighted by molar-refractivity contribution is 7.96. The summed E-state index contributed by atoms with van der Waals surface area (Å²) in [6.07, 6.45) is 0.510. The zero-order chi connectivity index (χ0) is 24.2. The van der Waals surface area contributed by atoms with Crippen LogP contribution in [0.4, 0.5) is 10.1 Å². The van der Waals surface area contributed by atoms with Crippen molar-refractivity contribution in [2.75, 3.05) is 11.9 Å². The van der Waals surface area contributed by atoms with Crippen molar-refractivity contribution in [1.29, 1.82) is 5.26 Å². The van der Waals surface area contributed by atoms with Crippen LogP contribution in [0.15, 0.2) is 45.8 Å². The molecule has 0 spiro atoms. The third-order valence-electron chi connectivity index (χ3n) is 6.76. The smallest absolute Gasteiger partial charge is 0.255 e. The van der Waals surface area contributed by atoms with E-state index in [1.165, 1.54) is 18.2 Å². The van der Waals surface area contributed by atoms with Gasteiger partial charge in [-0.2, -0.15) is 5.26 Å². The van der Waals surface area contributed by atoms with Gasteiger partial charge in [-0.3, -0.25) is 9.79 Å². The van der Waals surface area contributed by atoms with Crippen LogP contribution in [-0.4, -0.2) is 32.5 Å². The first-order chi connectivity index (χ1) is 15.4. The van der Waals surface area contributed by atoms with E-state index in [0.29, 0.717) is 35.3 Å². The molecule has 9 heteroatoms. The van der Waals surface area contributed by atoms with Crippen molar-refractivity contribution in [3.05, 3.63) is 64.5 Å². The van der Waals surface area contributed by atoms with Crippen molar-refractivity contribution in [3.63, 3.8) is 0 Å². The minimum atomic E-state index is -2.80. The Morgan fingerprint density at radius 1 is 1.27 bits per heavy atom. The average Bonchev–Trinajstić information content (AvgIpc) is 3.18. The van der Waals surface area contributed by atoms with Crippen LogP contribution in [-0.2, 0) is 15.3 Å². The molecule has 0 aliphatic carbocycles. The van der Waals surface area contributed by atoms with Gasteiger partial charge in [-0.25, -0.2) is 13.0 Å². The number of aryl methyl sites for hydroxylation is 1. The first-order valence-corrected chi connectivity index (χ1v) is 12.2. The van der Waals surface area contributed by atoms with Crippen LogP contribution in [0, 0.1) is 24.1 Å². The monoisotopic (exact) mass is 467 g/mol. The molecule has 0 saturated heterocycles. The Morgan fingerprint density at radius 2 is 2.00 bits per heavy atom. The number of hydrogen-bond acceptors (Lipinski definition) is 6. The van der Waals surface area contributed by atoms with Crippen molar-refractivity contribution in [2.45, 2.75) is 49.7 Å². The SMILES string of the molecule is Cc1cc(C#N)ccc1C(=O)Nc1ccc(F)c([C@@]2(C)N=C(N)C(C)(C)S3(=O)=NCC[C@@H]23)c1. The molecule has 0 fully saturated rings. The minimum absolute atomic E-state index is 0.180. The quantitative estimate of drug-likeness (QED) is 0.712. The van der Waals surface area contributed by atoms with Crippen LogP contribution in [0.1, 0.15) is 54.2 Å². The number of aliphatic imine (C=N–C) groups is 1. The van der Waals surface area contributed by atoms with Crippen molar-refractivity contribution in [3.8, 4) is 6.07 Å². The summed E-state index contributed by atoms with van der Waals surface area (Å²) in [5.41, 5.74) is 7.17. The van der Waals surface area contributed by atoms with Gasteiger partial charge in [0.1, 0.15) is 21.9 Å². The number of fused-ring (bicyclic) bond motifs is 1. The fraction of sp³-hybridized carbons (Fsp3) is 0.375. The number of nitrogens with one attached hydrogen (secondary N) is 1. The van der Waals surface area contributed by atoms with E-state index in [1.807, 2.05) is 6.07 Å². The Morgan fingerprint density at radius 3 is 2.67 bits per heavy atom. The van der Waals surface area contributed by atoms with Crippen LogP contribution in [0.25, 0.3) is 0 Å². The first-order valence-electron chi connectivity index (χ1n) is 10.6. The minimum Gasteiger partial charge on any atom is -0.386 e. The van der Waals surface area contributed by atoms with Gasteiger partial charge in [0, 0.05) is 23.4 Å². The molecule has 7 nitrogen and oxygen atoms in total. The van der Waals surface area contributed by atoms with E-state index in [2.05, 4.69) is 14.7 Å². The van der Waals surface area contributed by atoms with E-state index in [4.69, 9.17) is 11.0 Å². The number of nitrogens with two attached hydrogens (primary N) is 1. The number of amidine groups is 1. The summed E-state index contributed by atoms with van der Waals surface area (Å²) in [6, 6.07) is 11.1. The van der Waals surface area contributed by atoms with Crippen molar-refractivity contribution in [1.82, 2.24) is 0 Å². The molecule has 1 unspecified atom stereocenters. The van der Waals surface area contributed by atoms with Crippen LogP contribution in [0.3, 0.4) is 0 Å². The van der Waals surface area contributed by atoms with Crippen molar-refractivity contribution < 1.29 is 13.4 Å². The fourth-order valence-electron chi connectivity index (χ4n) is 4.68. The van der Waals surface area contributed by atoms with E-state index in [-0.39, 0.29) is 17.3 Å². The summed E-state index contributed by atoms with van der Waals surface area (Å²) in [5, 5.41) is 11.3. The predicted octanol–water partition coefficient (Wildman–Crippen LogP) is 3.86. The Balaban J connectivity index is 1.75.